The van der Waals surface area contributed by atoms with Gasteiger partial charge in [0.05, 0.1) is 10.4 Å². The Hall–Kier alpha value is -2.65. The van der Waals surface area contributed by atoms with Crippen LogP contribution in [-0.2, 0) is 16.6 Å². The highest BCUT2D eigenvalue weighted by atomic mass is 32.2. The quantitative estimate of drug-likeness (QED) is 0.687. The van der Waals surface area contributed by atoms with Crippen molar-refractivity contribution >= 4 is 20.9 Å². The molecular formula is C17H13FN2O2S. The van der Waals surface area contributed by atoms with E-state index in [0.29, 0.717) is 10.9 Å². The van der Waals surface area contributed by atoms with Gasteiger partial charge >= 0.3 is 0 Å². The molecule has 0 aliphatic rings. The Morgan fingerprint density at radius 3 is 2.52 bits per heavy atom. The summed E-state index contributed by atoms with van der Waals surface area (Å²) in [5, 5.41) is 0.568. The lowest BCUT2D eigenvalue weighted by Gasteiger charge is -2.08. The molecule has 0 fully saturated rings. The van der Waals surface area contributed by atoms with Crippen LogP contribution in [0, 0.1) is 19.3 Å². The molecular weight excluding hydrogens is 315 g/mol. The largest absolute Gasteiger partial charge is 0.312 e. The van der Waals surface area contributed by atoms with Gasteiger partial charge in [-0.2, -0.15) is 0 Å². The van der Waals surface area contributed by atoms with Gasteiger partial charge in [0.15, 0.2) is 0 Å². The molecule has 0 aliphatic carbocycles. The zero-order valence-corrected chi connectivity index (χ0v) is 13.1. The standard InChI is InChI=1S/C17H13FN2O2S/c1-12-3-5-15(6-4-12)23(21,22)20-8-7-16-13(11-19-2)9-14(18)10-17(16)20/h3-10H,11H2,1H3. The van der Waals surface area contributed by atoms with Crippen LogP contribution in [0.5, 0.6) is 0 Å². The molecule has 6 heteroatoms. The third-order valence-corrected chi connectivity index (χ3v) is 5.35. The van der Waals surface area contributed by atoms with Crippen molar-refractivity contribution in [3.05, 3.63) is 77.0 Å². The maximum absolute atomic E-state index is 13.8. The van der Waals surface area contributed by atoms with Gasteiger partial charge in [0.1, 0.15) is 5.82 Å². The lowest BCUT2D eigenvalue weighted by atomic mass is 10.1. The molecule has 0 unspecified atom stereocenters. The van der Waals surface area contributed by atoms with Gasteiger partial charge in [0.25, 0.3) is 10.0 Å². The predicted octanol–water partition coefficient (Wildman–Crippen LogP) is 3.75. The fourth-order valence-corrected chi connectivity index (χ4v) is 3.84. The van der Waals surface area contributed by atoms with Crippen molar-refractivity contribution in [2.75, 3.05) is 0 Å². The molecule has 0 atom stereocenters. The van der Waals surface area contributed by atoms with E-state index in [-0.39, 0.29) is 17.0 Å². The van der Waals surface area contributed by atoms with Crippen molar-refractivity contribution in [2.45, 2.75) is 18.4 Å². The fourth-order valence-electron chi connectivity index (χ4n) is 2.51. The second-order valence-electron chi connectivity index (χ2n) is 5.24. The first-order chi connectivity index (χ1) is 10.9. The summed E-state index contributed by atoms with van der Waals surface area (Å²) in [5.41, 5.74) is 1.67. The summed E-state index contributed by atoms with van der Waals surface area (Å²) in [7, 11) is -3.81. The number of hydrogen-bond donors (Lipinski definition) is 0. The maximum atomic E-state index is 13.8. The minimum atomic E-state index is -3.81. The Kier molecular flexibility index (Phi) is 3.66. The van der Waals surface area contributed by atoms with Gasteiger partial charge in [-0.15, -0.1) is 0 Å². The van der Waals surface area contributed by atoms with E-state index in [2.05, 4.69) is 4.85 Å². The van der Waals surface area contributed by atoms with E-state index >= 15 is 0 Å². The average molecular weight is 328 g/mol. The Morgan fingerprint density at radius 2 is 1.87 bits per heavy atom. The first kappa shape index (κ1) is 15.3. The van der Waals surface area contributed by atoms with E-state index in [1.807, 2.05) is 6.92 Å². The van der Waals surface area contributed by atoms with Crippen LogP contribution in [0.25, 0.3) is 15.7 Å². The third kappa shape index (κ3) is 2.60. The zero-order valence-electron chi connectivity index (χ0n) is 12.3. The lowest BCUT2D eigenvalue weighted by Crippen LogP contribution is -2.12. The summed E-state index contributed by atoms with van der Waals surface area (Å²) in [5.74, 6) is -0.560. The normalized spacial score (nSPS) is 11.5. The topological polar surface area (TPSA) is 43.4 Å². The van der Waals surface area contributed by atoms with Crippen LogP contribution in [0.1, 0.15) is 11.1 Å². The predicted molar refractivity (Wildman–Crippen MR) is 86.0 cm³/mol. The van der Waals surface area contributed by atoms with Crippen molar-refractivity contribution in [2.24, 2.45) is 0 Å². The van der Waals surface area contributed by atoms with Crippen LogP contribution in [0.15, 0.2) is 53.6 Å². The highest BCUT2D eigenvalue weighted by Gasteiger charge is 2.20. The molecule has 0 amide bonds. The molecule has 1 aromatic heterocycles. The SMILES string of the molecule is [C-]#[N+]Cc1cc(F)cc2c1ccn2S(=O)(=O)c1ccc(C)cc1. The number of hydrogen-bond acceptors (Lipinski definition) is 2. The summed E-state index contributed by atoms with van der Waals surface area (Å²) in [6.45, 7) is 8.82. The molecule has 3 rings (SSSR count). The van der Waals surface area contributed by atoms with E-state index in [1.165, 1.54) is 30.5 Å². The van der Waals surface area contributed by atoms with Crippen LogP contribution in [0.3, 0.4) is 0 Å². The summed E-state index contributed by atoms with van der Waals surface area (Å²) >= 11 is 0. The van der Waals surface area contributed by atoms with E-state index in [4.69, 9.17) is 6.57 Å². The Labute approximate surface area is 133 Å². The Morgan fingerprint density at radius 1 is 1.17 bits per heavy atom. The summed E-state index contributed by atoms with van der Waals surface area (Å²) in [4.78, 5) is 3.40. The van der Waals surface area contributed by atoms with E-state index in [0.717, 1.165) is 9.54 Å². The van der Waals surface area contributed by atoms with Crippen LogP contribution in [0.4, 0.5) is 4.39 Å². The van der Waals surface area contributed by atoms with Crippen LogP contribution in [-0.4, -0.2) is 12.4 Å². The molecule has 0 bridgehead atoms. The van der Waals surface area contributed by atoms with E-state index < -0.39 is 15.8 Å². The second kappa shape index (κ2) is 5.52. The van der Waals surface area contributed by atoms with Gasteiger partial charge in [-0.1, -0.05) is 17.7 Å². The molecule has 0 radical (unpaired) electrons. The Balaban J connectivity index is 2.24. The smallest absolute Gasteiger partial charge is 0.268 e. The van der Waals surface area contributed by atoms with Gasteiger partial charge in [-0.3, -0.25) is 0 Å². The number of halogens is 1. The molecule has 2 aromatic carbocycles. The van der Waals surface area contributed by atoms with Crippen molar-refractivity contribution in [1.29, 1.82) is 0 Å². The van der Waals surface area contributed by atoms with E-state index in [9.17, 15) is 12.8 Å². The molecule has 0 saturated carbocycles. The van der Waals surface area contributed by atoms with E-state index in [1.54, 1.807) is 18.2 Å². The molecule has 3 aromatic rings. The van der Waals surface area contributed by atoms with Crippen molar-refractivity contribution in [3.63, 3.8) is 0 Å². The molecule has 1 heterocycles. The second-order valence-corrected chi connectivity index (χ2v) is 7.06. The van der Waals surface area contributed by atoms with Gasteiger partial charge in [0.2, 0.25) is 6.54 Å². The van der Waals surface area contributed by atoms with Crippen molar-refractivity contribution in [3.8, 4) is 0 Å². The van der Waals surface area contributed by atoms with Crippen molar-refractivity contribution < 1.29 is 12.8 Å². The number of nitrogens with zero attached hydrogens (tertiary/aromatic N) is 2. The fraction of sp³-hybridized carbons (Fsp3) is 0.118. The molecule has 0 saturated heterocycles. The zero-order chi connectivity index (χ0) is 16.6. The summed E-state index contributed by atoms with van der Waals surface area (Å²) in [6.07, 6.45) is 1.40. The number of aromatic nitrogens is 1. The van der Waals surface area contributed by atoms with Gasteiger partial charge in [-0.25, -0.2) is 23.4 Å². The first-order valence-corrected chi connectivity index (χ1v) is 8.32. The van der Waals surface area contributed by atoms with Gasteiger partial charge in [-0.05, 0) is 37.3 Å². The first-order valence-electron chi connectivity index (χ1n) is 6.88. The molecule has 116 valence electrons. The minimum Gasteiger partial charge on any atom is -0.312 e. The van der Waals surface area contributed by atoms with Crippen LogP contribution in [0.2, 0.25) is 0 Å². The number of benzene rings is 2. The number of fused-ring (bicyclic) bond motifs is 1. The molecule has 0 spiro atoms. The third-order valence-electron chi connectivity index (χ3n) is 3.65. The molecule has 0 N–H and O–H groups in total. The highest BCUT2D eigenvalue weighted by Crippen LogP contribution is 2.26. The maximum Gasteiger partial charge on any atom is 0.268 e. The lowest BCUT2D eigenvalue weighted by molar-refractivity contribution is 0.589. The number of rotatable bonds is 3. The van der Waals surface area contributed by atoms with Crippen LogP contribution >= 0.6 is 0 Å². The Bertz CT molecular complexity index is 1030. The minimum absolute atomic E-state index is 0.00283. The van der Waals surface area contributed by atoms with Crippen molar-refractivity contribution in [1.82, 2.24) is 3.97 Å². The summed E-state index contributed by atoms with van der Waals surface area (Å²) in [6, 6.07) is 10.5. The monoisotopic (exact) mass is 328 g/mol. The molecule has 4 nitrogen and oxygen atoms in total. The highest BCUT2D eigenvalue weighted by molar-refractivity contribution is 7.90. The van der Waals surface area contributed by atoms with Crippen LogP contribution < -0.4 is 0 Å². The number of aryl methyl sites for hydroxylation is 1. The van der Waals surface area contributed by atoms with Gasteiger partial charge in [0, 0.05) is 17.1 Å². The molecule has 23 heavy (non-hydrogen) atoms. The summed E-state index contributed by atoms with van der Waals surface area (Å²) < 4.78 is 40.4. The average Bonchev–Trinajstić information content (AvgIpc) is 2.92. The molecule has 0 aliphatic heterocycles. The van der Waals surface area contributed by atoms with Gasteiger partial charge < -0.3 is 4.85 Å².